The number of para-hydroxylation sites is 1. The molecule has 0 saturated heterocycles. The molecule has 0 atom stereocenters. The third-order valence-corrected chi connectivity index (χ3v) is 3.55. The first-order valence-electron chi connectivity index (χ1n) is 7.26. The van der Waals surface area contributed by atoms with Gasteiger partial charge in [0.05, 0.1) is 0 Å². The van der Waals surface area contributed by atoms with Crippen molar-refractivity contribution in [2.24, 2.45) is 0 Å². The number of nitrogens with zero attached hydrogens (tertiary/aromatic N) is 1. The number of hydrogen-bond acceptors (Lipinski definition) is 2. The van der Waals surface area contributed by atoms with Crippen molar-refractivity contribution in [3.63, 3.8) is 0 Å². The van der Waals surface area contributed by atoms with Gasteiger partial charge in [-0.15, -0.1) is 0 Å². The maximum absolute atomic E-state index is 11.6. The van der Waals surface area contributed by atoms with Gasteiger partial charge in [0, 0.05) is 31.0 Å². The molecule has 2 aromatic rings. The van der Waals surface area contributed by atoms with Crippen LogP contribution in [0.4, 0.5) is 5.69 Å². The number of pyridine rings is 1. The van der Waals surface area contributed by atoms with Crippen molar-refractivity contribution in [3.8, 4) is 0 Å². The van der Waals surface area contributed by atoms with Crippen LogP contribution in [0, 0.1) is 0 Å². The third kappa shape index (κ3) is 3.29. The van der Waals surface area contributed by atoms with E-state index in [0.717, 1.165) is 19.4 Å². The smallest absolute Gasteiger partial charge is 0.250 e. The normalized spacial score (nSPS) is 10.5. The van der Waals surface area contributed by atoms with Crippen LogP contribution >= 0.6 is 0 Å². The topological polar surface area (TPSA) is 34.0 Å². The molecule has 0 aliphatic carbocycles. The second kappa shape index (κ2) is 6.94. The molecule has 2 rings (SSSR count). The third-order valence-electron chi connectivity index (χ3n) is 3.55. The van der Waals surface area contributed by atoms with Gasteiger partial charge in [-0.25, -0.2) is 0 Å². The Labute approximate surface area is 120 Å². The summed E-state index contributed by atoms with van der Waals surface area (Å²) in [6.07, 6.45) is 3.86. The summed E-state index contributed by atoms with van der Waals surface area (Å²) in [5, 5.41) is 3.50. The van der Waals surface area contributed by atoms with Gasteiger partial charge in [-0.05, 0) is 30.0 Å². The number of hydrogen-bond donors (Lipinski definition) is 1. The van der Waals surface area contributed by atoms with E-state index in [1.54, 1.807) is 16.7 Å². The fourth-order valence-corrected chi connectivity index (χ4v) is 2.42. The van der Waals surface area contributed by atoms with Crippen molar-refractivity contribution in [1.82, 2.24) is 4.57 Å². The summed E-state index contributed by atoms with van der Waals surface area (Å²) in [7, 11) is 0. The zero-order valence-corrected chi connectivity index (χ0v) is 12.2. The zero-order chi connectivity index (χ0) is 14.4. The summed E-state index contributed by atoms with van der Waals surface area (Å²) in [6.45, 7) is 5.78. The van der Waals surface area contributed by atoms with Gasteiger partial charge in [-0.3, -0.25) is 4.79 Å². The Bertz CT molecular complexity index is 594. The van der Waals surface area contributed by atoms with Crippen LogP contribution in [0.1, 0.15) is 25.0 Å². The molecule has 0 unspecified atom stereocenters. The molecule has 0 saturated carbocycles. The van der Waals surface area contributed by atoms with E-state index in [1.807, 2.05) is 12.3 Å². The standard InChI is InChI=1S/C17H22N2O/c1-3-14-8-7-9-15(4-2)17(14)18-11-13-19-12-6-5-10-16(19)20/h5-10,12,18H,3-4,11,13H2,1-2H3. The lowest BCUT2D eigenvalue weighted by Crippen LogP contribution is -2.22. The van der Waals surface area contributed by atoms with E-state index >= 15 is 0 Å². The van der Waals surface area contributed by atoms with E-state index in [1.165, 1.54) is 16.8 Å². The number of rotatable bonds is 6. The fourth-order valence-electron chi connectivity index (χ4n) is 2.42. The molecule has 106 valence electrons. The zero-order valence-electron chi connectivity index (χ0n) is 12.2. The largest absolute Gasteiger partial charge is 0.383 e. The van der Waals surface area contributed by atoms with Crippen LogP contribution < -0.4 is 10.9 Å². The Morgan fingerprint density at radius 2 is 1.70 bits per heavy atom. The summed E-state index contributed by atoms with van der Waals surface area (Å²) < 4.78 is 1.73. The molecule has 0 radical (unpaired) electrons. The first-order chi connectivity index (χ1) is 9.76. The van der Waals surface area contributed by atoms with E-state index in [-0.39, 0.29) is 5.56 Å². The van der Waals surface area contributed by atoms with E-state index < -0.39 is 0 Å². The highest BCUT2D eigenvalue weighted by molar-refractivity contribution is 5.57. The molecule has 0 aliphatic rings. The summed E-state index contributed by atoms with van der Waals surface area (Å²) >= 11 is 0. The number of anilines is 1. The molecule has 20 heavy (non-hydrogen) atoms. The molecule has 1 N–H and O–H groups in total. The maximum atomic E-state index is 11.6. The van der Waals surface area contributed by atoms with Gasteiger partial charge < -0.3 is 9.88 Å². The second-order valence-corrected chi connectivity index (χ2v) is 4.82. The molecular formula is C17H22N2O. The summed E-state index contributed by atoms with van der Waals surface area (Å²) in [5.41, 5.74) is 3.96. The lowest BCUT2D eigenvalue weighted by Gasteiger charge is -2.15. The van der Waals surface area contributed by atoms with E-state index in [9.17, 15) is 4.79 Å². The van der Waals surface area contributed by atoms with Gasteiger partial charge in [0.1, 0.15) is 0 Å². The minimum absolute atomic E-state index is 0.0498. The summed E-state index contributed by atoms with van der Waals surface area (Å²) in [6, 6.07) is 11.7. The summed E-state index contributed by atoms with van der Waals surface area (Å²) in [5.74, 6) is 0. The van der Waals surface area contributed by atoms with Crippen LogP contribution in [-0.2, 0) is 19.4 Å². The number of benzene rings is 1. The second-order valence-electron chi connectivity index (χ2n) is 4.82. The lowest BCUT2D eigenvalue weighted by atomic mass is 10.0. The van der Waals surface area contributed by atoms with E-state index in [4.69, 9.17) is 0 Å². The molecule has 1 aromatic carbocycles. The van der Waals surface area contributed by atoms with Crippen molar-refractivity contribution in [2.75, 3.05) is 11.9 Å². The molecular weight excluding hydrogens is 248 g/mol. The van der Waals surface area contributed by atoms with Crippen LogP contribution in [0.5, 0.6) is 0 Å². The maximum Gasteiger partial charge on any atom is 0.250 e. The summed E-state index contributed by atoms with van der Waals surface area (Å²) in [4.78, 5) is 11.6. The highest BCUT2D eigenvalue weighted by Gasteiger charge is 2.05. The lowest BCUT2D eigenvalue weighted by molar-refractivity contribution is 0.696. The van der Waals surface area contributed by atoms with E-state index in [0.29, 0.717) is 6.54 Å². The van der Waals surface area contributed by atoms with Gasteiger partial charge in [0.2, 0.25) is 0 Å². The number of aromatic nitrogens is 1. The van der Waals surface area contributed by atoms with Crippen molar-refractivity contribution in [3.05, 3.63) is 64.1 Å². The Balaban J connectivity index is 2.08. The van der Waals surface area contributed by atoms with Crippen LogP contribution in [0.15, 0.2) is 47.4 Å². The predicted octanol–water partition coefficient (Wildman–Crippen LogP) is 3.09. The number of nitrogens with one attached hydrogen (secondary N) is 1. The molecule has 3 nitrogen and oxygen atoms in total. The first kappa shape index (κ1) is 14.4. The molecule has 0 aliphatic heterocycles. The van der Waals surface area contributed by atoms with Gasteiger partial charge in [0.25, 0.3) is 5.56 Å². The van der Waals surface area contributed by atoms with Crippen molar-refractivity contribution in [1.29, 1.82) is 0 Å². The molecule has 0 fully saturated rings. The molecule has 1 heterocycles. The Morgan fingerprint density at radius 3 is 2.30 bits per heavy atom. The molecule has 0 amide bonds. The first-order valence-corrected chi connectivity index (χ1v) is 7.26. The van der Waals surface area contributed by atoms with Crippen molar-refractivity contribution >= 4 is 5.69 Å². The van der Waals surface area contributed by atoms with Crippen molar-refractivity contribution in [2.45, 2.75) is 33.2 Å². The van der Waals surface area contributed by atoms with Gasteiger partial charge >= 0.3 is 0 Å². The monoisotopic (exact) mass is 270 g/mol. The predicted molar refractivity (Wildman–Crippen MR) is 84.4 cm³/mol. The van der Waals surface area contributed by atoms with Crippen molar-refractivity contribution < 1.29 is 0 Å². The Hall–Kier alpha value is -2.03. The average molecular weight is 270 g/mol. The Kier molecular flexibility index (Phi) is 4.99. The number of aryl methyl sites for hydroxylation is 2. The van der Waals surface area contributed by atoms with Gasteiger partial charge in [0.15, 0.2) is 0 Å². The molecule has 1 aromatic heterocycles. The van der Waals surface area contributed by atoms with Crippen LogP contribution in [0.2, 0.25) is 0 Å². The molecule has 3 heteroatoms. The average Bonchev–Trinajstić information content (AvgIpc) is 2.49. The van der Waals surface area contributed by atoms with Crippen LogP contribution in [0.3, 0.4) is 0 Å². The molecule has 0 bridgehead atoms. The Morgan fingerprint density at radius 1 is 1.00 bits per heavy atom. The van der Waals surface area contributed by atoms with E-state index in [2.05, 4.69) is 37.4 Å². The quantitative estimate of drug-likeness (QED) is 0.875. The van der Waals surface area contributed by atoms with Crippen LogP contribution in [0.25, 0.3) is 0 Å². The van der Waals surface area contributed by atoms with Crippen LogP contribution in [-0.4, -0.2) is 11.1 Å². The highest BCUT2D eigenvalue weighted by Crippen LogP contribution is 2.22. The molecule has 0 spiro atoms. The highest BCUT2D eigenvalue weighted by atomic mass is 16.1. The van der Waals surface area contributed by atoms with Gasteiger partial charge in [-0.1, -0.05) is 38.1 Å². The SMILES string of the molecule is CCc1cccc(CC)c1NCCn1ccccc1=O. The minimum Gasteiger partial charge on any atom is -0.383 e. The van der Waals surface area contributed by atoms with Gasteiger partial charge in [-0.2, -0.15) is 0 Å². The fraction of sp³-hybridized carbons (Fsp3) is 0.353. The minimum atomic E-state index is 0.0498.